The average molecular weight is 548 g/mol. The van der Waals surface area contributed by atoms with Crippen LogP contribution in [0.1, 0.15) is 11.1 Å². The Bertz CT molecular complexity index is 1340. The van der Waals surface area contributed by atoms with Crippen LogP contribution in [-0.4, -0.2) is 21.3 Å². The molecule has 0 radical (unpaired) electrons. The minimum Gasteiger partial charge on any atom is -0.489 e. The van der Waals surface area contributed by atoms with Gasteiger partial charge in [-0.2, -0.15) is 5.01 Å². The van der Waals surface area contributed by atoms with E-state index in [2.05, 4.69) is 10.7 Å². The molecule has 1 heterocycles. The number of thiocarbonyl (C=S) groups is 1. The topological polar surface area (TPSA) is 70.7 Å². The molecule has 0 spiro atoms. The summed E-state index contributed by atoms with van der Waals surface area (Å²) in [5, 5.41) is 4.18. The van der Waals surface area contributed by atoms with Crippen LogP contribution in [0.15, 0.2) is 71.6 Å². The summed E-state index contributed by atoms with van der Waals surface area (Å²) in [6.07, 6.45) is 1.65. The van der Waals surface area contributed by atoms with Crippen molar-refractivity contribution < 1.29 is 18.7 Å². The Morgan fingerprint density at radius 2 is 1.83 bits per heavy atom. The standard InChI is InChI=1S/C24H16Cl2FN3O3S2/c25-18-10-7-16(12-19(18)26)28-23(32)29-30-22(31)21(35-24(30)34)11-14-5-8-17(9-6-14)33-13-15-3-1-2-4-20(15)27/h1-12H,13H2,(H2,28,29,32)/b21-11+. The third kappa shape index (κ3) is 6.32. The Morgan fingerprint density at radius 3 is 2.54 bits per heavy atom. The van der Waals surface area contributed by atoms with Gasteiger partial charge in [-0.1, -0.05) is 65.3 Å². The molecule has 0 saturated carbocycles. The SMILES string of the molecule is O=C(Nc1ccc(Cl)c(Cl)c1)NN1C(=O)/C(=C\c2ccc(OCc3ccccc3F)cc2)SC1=S. The van der Waals surface area contributed by atoms with Crippen LogP contribution in [0.25, 0.3) is 6.08 Å². The molecular weight excluding hydrogens is 532 g/mol. The number of anilines is 1. The van der Waals surface area contributed by atoms with E-state index in [1.165, 1.54) is 18.2 Å². The van der Waals surface area contributed by atoms with Crippen LogP contribution in [0.3, 0.4) is 0 Å². The molecule has 3 aromatic carbocycles. The van der Waals surface area contributed by atoms with Crippen molar-refractivity contribution in [2.75, 3.05) is 5.32 Å². The van der Waals surface area contributed by atoms with Gasteiger partial charge in [0.15, 0.2) is 4.32 Å². The smallest absolute Gasteiger partial charge is 0.338 e. The highest BCUT2D eigenvalue weighted by Crippen LogP contribution is 2.32. The normalized spacial score (nSPS) is 14.4. The van der Waals surface area contributed by atoms with Gasteiger partial charge in [-0.25, -0.2) is 14.6 Å². The van der Waals surface area contributed by atoms with Crippen LogP contribution < -0.4 is 15.5 Å². The molecule has 4 rings (SSSR count). The second-order valence-corrected chi connectivity index (χ2v) is 9.65. The maximum atomic E-state index is 13.7. The number of carbonyl (C=O) groups excluding carboxylic acids is 2. The zero-order valence-corrected chi connectivity index (χ0v) is 20.9. The van der Waals surface area contributed by atoms with Gasteiger partial charge in [-0.15, -0.1) is 0 Å². The number of benzene rings is 3. The van der Waals surface area contributed by atoms with Crippen molar-refractivity contribution >= 4 is 75.2 Å². The van der Waals surface area contributed by atoms with Crippen molar-refractivity contribution in [1.82, 2.24) is 10.4 Å². The first kappa shape index (κ1) is 25.0. The average Bonchev–Trinajstić information content (AvgIpc) is 3.09. The zero-order valence-electron chi connectivity index (χ0n) is 17.8. The zero-order chi connectivity index (χ0) is 24.9. The molecule has 178 valence electrons. The van der Waals surface area contributed by atoms with E-state index in [1.807, 2.05) is 0 Å². The summed E-state index contributed by atoms with van der Waals surface area (Å²) in [4.78, 5) is 25.4. The van der Waals surface area contributed by atoms with Crippen LogP contribution in [-0.2, 0) is 11.4 Å². The van der Waals surface area contributed by atoms with E-state index in [0.29, 0.717) is 26.9 Å². The fraction of sp³-hybridized carbons (Fsp3) is 0.0417. The van der Waals surface area contributed by atoms with Crippen LogP contribution >= 0.6 is 47.2 Å². The third-order valence-electron chi connectivity index (χ3n) is 4.71. The minimum absolute atomic E-state index is 0.0979. The molecule has 0 unspecified atom stereocenters. The van der Waals surface area contributed by atoms with Crippen LogP contribution in [0, 0.1) is 5.82 Å². The fourth-order valence-corrected chi connectivity index (χ4v) is 4.46. The highest BCUT2D eigenvalue weighted by atomic mass is 35.5. The fourth-order valence-electron chi connectivity index (χ4n) is 2.99. The Kier molecular flexibility index (Phi) is 7.92. The lowest BCUT2D eigenvalue weighted by atomic mass is 10.2. The lowest BCUT2D eigenvalue weighted by Crippen LogP contribution is -2.46. The predicted molar refractivity (Wildman–Crippen MR) is 141 cm³/mol. The quantitative estimate of drug-likeness (QED) is 0.267. The lowest BCUT2D eigenvalue weighted by Gasteiger charge is -2.16. The number of hydrogen-bond donors (Lipinski definition) is 2. The monoisotopic (exact) mass is 547 g/mol. The van der Waals surface area contributed by atoms with E-state index < -0.39 is 11.9 Å². The van der Waals surface area contributed by atoms with Crippen LogP contribution in [0.2, 0.25) is 10.0 Å². The Morgan fingerprint density at radius 1 is 1.09 bits per heavy atom. The van der Waals surface area contributed by atoms with Crippen molar-refractivity contribution in [3.05, 3.63) is 98.6 Å². The molecule has 1 aliphatic rings. The summed E-state index contributed by atoms with van der Waals surface area (Å²) in [6.45, 7) is 0.0979. The number of carbonyl (C=O) groups is 2. The number of halogens is 3. The van der Waals surface area contributed by atoms with E-state index in [1.54, 1.807) is 54.6 Å². The number of rotatable bonds is 6. The van der Waals surface area contributed by atoms with Gasteiger partial charge in [0.1, 0.15) is 18.2 Å². The number of nitrogens with zero attached hydrogens (tertiary/aromatic N) is 1. The number of thioether (sulfide) groups is 1. The number of nitrogens with one attached hydrogen (secondary N) is 2. The predicted octanol–water partition coefficient (Wildman–Crippen LogP) is 6.65. The van der Waals surface area contributed by atoms with E-state index >= 15 is 0 Å². The molecule has 2 N–H and O–H groups in total. The molecular formula is C24H16Cl2FN3O3S2. The second-order valence-electron chi connectivity index (χ2n) is 7.16. The Labute approximate surface area is 220 Å². The van der Waals surface area contributed by atoms with Crippen molar-refractivity contribution in [2.24, 2.45) is 0 Å². The third-order valence-corrected chi connectivity index (χ3v) is 6.76. The molecule has 1 fully saturated rings. The Hall–Kier alpha value is -3.11. The summed E-state index contributed by atoms with van der Waals surface area (Å²) < 4.78 is 19.5. The molecule has 0 bridgehead atoms. The lowest BCUT2D eigenvalue weighted by molar-refractivity contribution is -0.123. The highest BCUT2D eigenvalue weighted by molar-refractivity contribution is 8.26. The number of urea groups is 1. The van der Waals surface area contributed by atoms with Gasteiger partial charge < -0.3 is 10.1 Å². The maximum Gasteiger partial charge on any atom is 0.338 e. The summed E-state index contributed by atoms with van der Waals surface area (Å²) in [5.74, 6) is -0.242. The van der Waals surface area contributed by atoms with Gasteiger partial charge in [0.2, 0.25) is 0 Å². The van der Waals surface area contributed by atoms with Gasteiger partial charge in [0, 0.05) is 11.3 Å². The number of hydrogen-bond acceptors (Lipinski definition) is 5. The van der Waals surface area contributed by atoms with Crippen molar-refractivity contribution in [2.45, 2.75) is 6.61 Å². The summed E-state index contributed by atoms with van der Waals surface area (Å²) >= 11 is 18.1. The number of amides is 3. The first-order chi connectivity index (χ1) is 16.8. The first-order valence-corrected chi connectivity index (χ1v) is 12.0. The first-order valence-electron chi connectivity index (χ1n) is 10.1. The molecule has 0 aromatic heterocycles. The van der Waals surface area contributed by atoms with Crippen molar-refractivity contribution in [1.29, 1.82) is 0 Å². The molecule has 6 nitrogen and oxygen atoms in total. The molecule has 0 aliphatic carbocycles. The molecule has 0 atom stereocenters. The van der Waals surface area contributed by atoms with E-state index in [4.69, 9.17) is 40.2 Å². The van der Waals surface area contributed by atoms with Gasteiger partial charge in [0.25, 0.3) is 5.91 Å². The van der Waals surface area contributed by atoms with E-state index in [-0.39, 0.29) is 21.8 Å². The highest BCUT2D eigenvalue weighted by Gasteiger charge is 2.33. The molecule has 3 amide bonds. The van der Waals surface area contributed by atoms with Crippen molar-refractivity contribution in [3.8, 4) is 5.75 Å². The number of hydrazine groups is 1. The van der Waals surface area contributed by atoms with Gasteiger partial charge in [0.05, 0.1) is 15.0 Å². The number of ether oxygens (including phenoxy) is 1. The molecule has 35 heavy (non-hydrogen) atoms. The van der Waals surface area contributed by atoms with E-state index in [0.717, 1.165) is 22.3 Å². The molecule has 1 aliphatic heterocycles. The maximum absolute atomic E-state index is 13.7. The summed E-state index contributed by atoms with van der Waals surface area (Å²) in [6, 6.07) is 17.3. The molecule has 3 aromatic rings. The molecule has 11 heteroatoms. The minimum atomic E-state index is -0.669. The van der Waals surface area contributed by atoms with Gasteiger partial charge in [-0.3, -0.25) is 4.79 Å². The summed E-state index contributed by atoms with van der Waals surface area (Å²) in [5.41, 5.74) is 4.01. The van der Waals surface area contributed by atoms with Crippen molar-refractivity contribution in [3.63, 3.8) is 0 Å². The second kappa shape index (κ2) is 11.1. The van der Waals surface area contributed by atoms with Gasteiger partial charge in [-0.05, 0) is 60.3 Å². The molecule has 1 saturated heterocycles. The van der Waals surface area contributed by atoms with Gasteiger partial charge >= 0.3 is 6.03 Å². The van der Waals surface area contributed by atoms with Crippen LogP contribution in [0.4, 0.5) is 14.9 Å². The van der Waals surface area contributed by atoms with E-state index in [9.17, 15) is 14.0 Å². The largest absolute Gasteiger partial charge is 0.489 e. The Balaban J connectivity index is 1.36. The van der Waals surface area contributed by atoms with Crippen LogP contribution in [0.5, 0.6) is 5.75 Å². The summed E-state index contributed by atoms with van der Waals surface area (Å²) in [7, 11) is 0.